The fourth-order valence-electron chi connectivity index (χ4n) is 1.89. The highest BCUT2D eigenvalue weighted by molar-refractivity contribution is 7.99. The monoisotopic (exact) mass is 313 g/mol. The van der Waals surface area contributed by atoms with Gasteiger partial charge in [-0.05, 0) is 35.6 Å². The van der Waals surface area contributed by atoms with Crippen LogP contribution in [0.15, 0.2) is 5.16 Å². The van der Waals surface area contributed by atoms with Crippen molar-refractivity contribution in [2.75, 3.05) is 5.75 Å². The van der Waals surface area contributed by atoms with E-state index in [1.807, 2.05) is 13.8 Å². The van der Waals surface area contributed by atoms with E-state index in [2.05, 4.69) is 20.8 Å². The van der Waals surface area contributed by atoms with Gasteiger partial charge in [0.25, 0.3) is 0 Å². The van der Waals surface area contributed by atoms with Crippen molar-refractivity contribution in [1.29, 1.82) is 0 Å². The largest absolute Gasteiger partial charge is 0.480 e. The molecule has 1 atom stereocenters. The second-order valence-corrected chi connectivity index (χ2v) is 6.46. The molecule has 21 heavy (non-hydrogen) atoms. The first kappa shape index (κ1) is 15.7. The van der Waals surface area contributed by atoms with Crippen LogP contribution in [0.1, 0.15) is 39.2 Å². The normalized spacial score (nSPS) is 16.0. The van der Waals surface area contributed by atoms with Gasteiger partial charge in [0, 0.05) is 0 Å². The lowest BCUT2D eigenvalue weighted by molar-refractivity contribution is -0.141. The Hall–Kier alpha value is -1.64. The van der Waals surface area contributed by atoms with Crippen LogP contribution in [0.3, 0.4) is 0 Å². The van der Waals surface area contributed by atoms with E-state index >= 15 is 0 Å². The topological polar surface area (TPSA) is 110 Å². The van der Waals surface area contributed by atoms with Crippen LogP contribution in [0, 0.1) is 5.92 Å². The number of hydrogen-bond donors (Lipinski definition) is 2. The lowest BCUT2D eigenvalue weighted by atomic mass is 10.0. The van der Waals surface area contributed by atoms with E-state index in [9.17, 15) is 9.59 Å². The molecule has 1 amide bonds. The average Bonchev–Trinajstić information content (AvgIpc) is 3.14. The minimum Gasteiger partial charge on any atom is -0.480 e. The van der Waals surface area contributed by atoms with Crippen LogP contribution in [0.25, 0.3) is 0 Å². The minimum atomic E-state index is -1.01. The summed E-state index contributed by atoms with van der Waals surface area (Å²) in [6, 6.07) is -0.504. The first-order valence-corrected chi connectivity index (χ1v) is 7.88. The second kappa shape index (κ2) is 6.88. The molecular formula is C12H19N5O3S. The SMILES string of the molecule is CC(C)C[C@@H](NC(=O)CSc1nnnn1C1CC1)C(=O)O. The highest BCUT2D eigenvalue weighted by Gasteiger charge is 2.28. The predicted octanol–water partition coefficient (Wildman–Crippen LogP) is 0.716. The number of thioether (sulfide) groups is 1. The molecule has 1 aliphatic carbocycles. The van der Waals surface area contributed by atoms with E-state index in [1.54, 1.807) is 4.68 Å². The first-order chi connectivity index (χ1) is 9.97. The Bertz CT molecular complexity index is 515. The van der Waals surface area contributed by atoms with Crippen molar-refractivity contribution in [2.45, 2.75) is 50.4 Å². The summed E-state index contributed by atoms with van der Waals surface area (Å²) in [6.45, 7) is 3.83. The third kappa shape index (κ3) is 4.69. The number of carboxylic acids is 1. The van der Waals surface area contributed by atoms with E-state index < -0.39 is 12.0 Å². The van der Waals surface area contributed by atoms with E-state index in [0.29, 0.717) is 17.6 Å². The van der Waals surface area contributed by atoms with Crippen molar-refractivity contribution in [1.82, 2.24) is 25.5 Å². The van der Waals surface area contributed by atoms with Crippen molar-refractivity contribution >= 4 is 23.6 Å². The molecule has 0 aliphatic heterocycles. The number of aromatic nitrogens is 4. The number of carbonyl (C=O) groups excluding carboxylic acids is 1. The van der Waals surface area contributed by atoms with E-state index in [0.717, 1.165) is 12.8 Å². The number of carboxylic acid groups (broad SMARTS) is 1. The van der Waals surface area contributed by atoms with Crippen molar-refractivity contribution in [3.05, 3.63) is 0 Å². The molecule has 9 heteroatoms. The second-order valence-electron chi connectivity index (χ2n) is 5.51. The lowest BCUT2D eigenvalue weighted by Crippen LogP contribution is -2.42. The molecule has 0 aromatic carbocycles. The zero-order valence-corrected chi connectivity index (χ0v) is 12.8. The number of aliphatic carboxylic acids is 1. The smallest absolute Gasteiger partial charge is 0.326 e. The number of tetrazole rings is 1. The Labute approximate surface area is 126 Å². The van der Waals surface area contributed by atoms with Gasteiger partial charge in [-0.1, -0.05) is 25.6 Å². The third-order valence-corrected chi connectivity index (χ3v) is 3.96. The van der Waals surface area contributed by atoms with E-state index in [-0.39, 0.29) is 17.6 Å². The summed E-state index contributed by atoms with van der Waals surface area (Å²) in [5.41, 5.74) is 0. The molecule has 116 valence electrons. The predicted molar refractivity (Wildman–Crippen MR) is 75.8 cm³/mol. The zero-order valence-electron chi connectivity index (χ0n) is 12.0. The van der Waals surface area contributed by atoms with Crippen molar-refractivity contribution in [2.24, 2.45) is 5.92 Å². The van der Waals surface area contributed by atoms with Crippen LogP contribution in [-0.4, -0.2) is 49.0 Å². The lowest BCUT2D eigenvalue weighted by Gasteiger charge is -2.16. The molecular weight excluding hydrogens is 294 g/mol. The third-order valence-electron chi connectivity index (χ3n) is 3.03. The minimum absolute atomic E-state index is 0.106. The Balaban J connectivity index is 1.83. The van der Waals surface area contributed by atoms with Gasteiger partial charge in [0.05, 0.1) is 11.8 Å². The van der Waals surface area contributed by atoms with Gasteiger partial charge in [-0.25, -0.2) is 9.48 Å². The summed E-state index contributed by atoms with van der Waals surface area (Å²) < 4.78 is 1.72. The van der Waals surface area contributed by atoms with Gasteiger partial charge in [0.2, 0.25) is 11.1 Å². The molecule has 1 saturated carbocycles. The summed E-state index contributed by atoms with van der Waals surface area (Å²) in [5, 5.41) is 23.6. The maximum atomic E-state index is 11.9. The molecule has 0 radical (unpaired) electrons. The summed E-state index contributed by atoms with van der Waals surface area (Å²) in [7, 11) is 0. The highest BCUT2D eigenvalue weighted by Crippen LogP contribution is 2.36. The first-order valence-electron chi connectivity index (χ1n) is 6.90. The van der Waals surface area contributed by atoms with Crippen molar-refractivity contribution in [3.63, 3.8) is 0 Å². The van der Waals surface area contributed by atoms with Crippen LogP contribution in [0.5, 0.6) is 0 Å². The van der Waals surface area contributed by atoms with E-state index in [1.165, 1.54) is 11.8 Å². The zero-order chi connectivity index (χ0) is 15.4. The molecule has 8 nitrogen and oxygen atoms in total. The van der Waals surface area contributed by atoms with Gasteiger partial charge in [-0.2, -0.15) is 0 Å². The summed E-state index contributed by atoms with van der Waals surface area (Å²) in [5.74, 6) is -1.03. The molecule has 2 rings (SSSR count). The van der Waals surface area contributed by atoms with Gasteiger partial charge in [-0.3, -0.25) is 4.79 Å². The van der Waals surface area contributed by atoms with Crippen LogP contribution in [0.4, 0.5) is 0 Å². The maximum Gasteiger partial charge on any atom is 0.326 e. The molecule has 1 aromatic rings. The molecule has 2 N–H and O–H groups in total. The summed E-state index contributed by atoms with van der Waals surface area (Å²) in [4.78, 5) is 23.0. The molecule has 0 saturated heterocycles. The molecule has 1 heterocycles. The number of amides is 1. The van der Waals surface area contributed by atoms with Gasteiger partial charge >= 0.3 is 5.97 Å². The van der Waals surface area contributed by atoms with Gasteiger partial charge in [0.15, 0.2) is 0 Å². The molecule has 0 unspecified atom stereocenters. The standard InChI is InChI=1S/C12H19N5O3S/c1-7(2)5-9(11(19)20)13-10(18)6-21-12-14-15-16-17(12)8-3-4-8/h7-9H,3-6H2,1-2H3,(H,13,18)(H,19,20)/t9-/m1/s1. The number of carbonyl (C=O) groups is 2. The number of nitrogens with one attached hydrogen (secondary N) is 1. The average molecular weight is 313 g/mol. The number of nitrogens with zero attached hydrogens (tertiary/aromatic N) is 4. The molecule has 1 aliphatic rings. The van der Waals surface area contributed by atoms with Gasteiger partial charge in [-0.15, -0.1) is 5.10 Å². The van der Waals surface area contributed by atoms with Crippen LogP contribution >= 0.6 is 11.8 Å². The fraction of sp³-hybridized carbons (Fsp3) is 0.750. The molecule has 1 aromatic heterocycles. The fourth-order valence-corrected chi connectivity index (χ4v) is 2.64. The van der Waals surface area contributed by atoms with Crippen LogP contribution < -0.4 is 5.32 Å². The maximum absolute atomic E-state index is 11.9. The van der Waals surface area contributed by atoms with Gasteiger partial charge < -0.3 is 10.4 Å². The van der Waals surface area contributed by atoms with Crippen LogP contribution in [-0.2, 0) is 9.59 Å². The van der Waals surface area contributed by atoms with Crippen molar-refractivity contribution in [3.8, 4) is 0 Å². The summed E-state index contributed by atoms with van der Waals surface area (Å²) >= 11 is 1.22. The quantitative estimate of drug-likeness (QED) is 0.680. The van der Waals surface area contributed by atoms with E-state index in [4.69, 9.17) is 5.11 Å². The molecule has 1 fully saturated rings. The highest BCUT2D eigenvalue weighted by atomic mass is 32.2. The van der Waals surface area contributed by atoms with Crippen LogP contribution in [0.2, 0.25) is 0 Å². The molecule has 0 bridgehead atoms. The number of hydrogen-bond acceptors (Lipinski definition) is 6. The summed E-state index contributed by atoms with van der Waals surface area (Å²) in [6.07, 6.45) is 2.52. The molecule has 0 spiro atoms. The van der Waals surface area contributed by atoms with Crippen molar-refractivity contribution < 1.29 is 14.7 Å². The number of rotatable bonds is 8. The Kier molecular flexibility index (Phi) is 5.16. The Morgan fingerprint density at radius 1 is 1.48 bits per heavy atom. The Morgan fingerprint density at radius 3 is 2.76 bits per heavy atom. The Morgan fingerprint density at radius 2 is 2.19 bits per heavy atom. The van der Waals surface area contributed by atoms with Gasteiger partial charge in [0.1, 0.15) is 6.04 Å².